The Morgan fingerprint density at radius 2 is 1.76 bits per heavy atom. The predicted octanol–water partition coefficient (Wildman–Crippen LogP) is 4.34. The lowest BCUT2D eigenvalue weighted by Crippen LogP contribution is -1.97. The van der Waals surface area contributed by atoms with Crippen LogP contribution in [0.3, 0.4) is 0 Å². The average Bonchev–Trinajstić information content (AvgIpc) is 2.92. The molecular weight excluding hydrogens is 262 g/mol. The monoisotopic (exact) mass is 283 g/mol. The Bertz CT molecular complexity index is 637. The molecule has 0 amide bonds. The van der Waals surface area contributed by atoms with Crippen LogP contribution in [0.5, 0.6) is 17.2 Å². The highest BCUT2D eigenvalue weighted by atomic mass is 16.5. The van der Waals surface area contributed by atoms with E-state index in [1.807, 2.05) is 24.3 Å². The van der Waals surface area contributed by atoms with Crippen molar-refractivity contribution in [3.63, 3.8) is 0 Å². The third kappa shape index (κ3) is 3.30. The lowest BCUT2D eigenvalue weighted by molar-refractivity contribution is 0.316. The number of hydrogen-bond acceptors (Lipinski definition) is 3. The van der Waals surface area contributed by atoms with Gasteiger partial charge in [0.25, 0.3) is 0 Å². The van der Waals surface area contributed by atoms with E-state index in [1.165, 1.54) is 24.0 Å². The number of aryl methyl sites for hydroxylation is 2. The van der Waals surface area contributed by atoms with Crippen LogP contribution < -0.4 is 15.2 Å². The van der Waals surface area contributed by atoms with Crippen molar-refractivity contribution in [2.75, 3.05) is 12.3 Å². The fourth-order valence-corrected chi connectivity index (χ4v) is 2.70. The van der Waals surface area contributed by atoms with Gasteiger partial charge in [0.1, 0.15) is 17.2 Å². The van der Waals surface area contributed by atoms with Gasteiger partial charge in [-0.05, 0) is 48.9 Å². The largest absolute Gasteiger partial charge is 0.493 e. The molecule has 0 aliphatic heterocycles. The maximum atomic E-state index is 5.95. The summed E-state index contributed by atoms with van der Waals surface area (Å²) in [6.45, 7) is 2.76. The Kier molecular flexibility index (Phi) is 4.00. The summed E-state index contributed by atoms with van der Waals surface area (Å²) in [6, 6.07) is 11.9. The molecule has 3 nitrogen and oxygen atoms in total. The molecule has 1 aliphatic rings. The van der Waals surface area contributed by atoms with E-state index in [1.54, 1.807) is 0 Å². The smallest absolute Gasteiger partial charge is 0.133 e. The van der Waals surface area contributed by atoms with Gasteiger partial charge in [-0.15, -0.1) is 0 Å². The Morgan fingerprint density at radius 1 is 0.952 bits per heavy atom. The Hall–Kier alpha value is -2.16. The molecule has 0 radical (unpaired) electrons. The summed E-state index contributed by atoms with van der Waals surface area (Å²) in [5.74, 6) is 2.34. The lowest BCUT2D eigenvalue weighted by atomic mass is 10.1. The molecular formula is C18H21NO2. The van der Waals surface area contributed by atoms with Crippen molar-refractivity contribution in [1.29, 1.82) is 0 Å². The Balaban J connectivity index is 1.79. The molecule has 2 N–H and O–H groups in total. The normalized spacial score (nSPS) is 13.0. The number of hydrogen-bond donors (Lipinski definition) is 1. The number of anilines is 1. The van der Waals surface area contributed by atoms with Crippen LogP contribution in [0.25, 0.3) is 0 Å². The van der Waals surface area contributed by atoms with E-state index in [2.05, 4.69) is 19.1 Å². The molecule has 2 aromatic carbocycles. The first-order chi connectivity index (χ1) is 10.2. The number of nitrogens with two attached hydrogens (primary N) is 1. The van der Waals surface area contributed by atoms with E-state index in [0.29, 0.717) is 12.3 Å². The summed E-state index contributed by atoms with van der Waals surface area (Å²) in [4.78, 5) is 0. The van der Waals surface area contributed by atoms with E-state index in [9.17, 15) is 0 Å². The number of benzene rings is 2. The van der Waals surface area contributed by atoms with Crippen molar-refractivity contribution in [2.24, 2.45) is 0 Å². The minimum absolute atomic E-state index is 0.653. The van der Waals surface area contributed by atoms with Crippen LogP contribution in [0, 0.1) is 0 Å². The van der Waals surface area contributed by atoms with Gasteiger partial charge in [0.15, 0.2) is 0 Å². The molecule has 0 saturated heterocycles. The summed E-state index contributed by atoms with van der Waals surface area (Å²) < 4.78 is 11.6. The zero-order valence-corrected chi connectivity index (χ0v) is 12.4. The van der Waals surface area contributed by atoms with Gasteiger partial charge in [0.2, 0.25) is 0 Å². The first-order valence-electron chi connectivity index (χ1n) is 7.57. The number of fused-ring (bicyclic) bond motifs is 1. The fourth-order valence-electron chi connectivity index (χ4n) is 2.70. The molecule has 0 fully saturated rings. The summed E-state index contributed by atoms with van der Waals surface area (Å²) in [5, 5.41) is 0. The van der Waals surface area contributed by atoms with Crippen LogP contribution in [-0.4, -0.2) is 6.61 Å². The highest BCUT2D eigenvalue weighted by Crippen LogP contribution is 2.31. The molecule has 1 aliphatic carbocycles. The van der Waals surface area contributed by atoms with E-state index in [4.69, 9.17) is 15.2 Å². The van der Waals surface area contributed by atoms with Gasteiger partial charge >= 0.3 is 0 Å². The van der Waals surface area contributed by atoms with Crippen LogP contribution in [0.1, 0.15) is 30.9 Å². The zero-order chi connectivity index (χ0) is 14.7. The summed E-state index contributed by atoms with van der Waals surface area (Å²) in [7, 11) is 0. The third-order valence-corrected chi connectivity index (χ3v) is 3.68. The highest BCUT2D eigenvalue weighted by molar-refractivity contribution is 5.51. The van der Waals surface area contributed by atoms with Crippen molar-refractivity contribution in [1.82, 2.24) is 0 Å². The minimum Gasteiger partial charge on any atom is -0.493 e. The molecule has 0 unspecified atom stereocenters. The fraction of sp³-hybridized carbons (Fsp3) is 0.333. The van der Waals surface area contributed by atoms with Crippen LogP contribution in [0.15, 0.2) is 36.4 Å². The molecule has 0 saturated carbocycles. The predicted molar refractivity (Wildman–Crippen MR) is 85.2 cm³/mol. The van der Waals surface area contributed by atoms with Crippen LogP contribution >= 0.6 is 0 Å². The van der Waals surface area contributed by atoms with Gasteiger partial charge in [0, 0.05) is 23.9 Å². The van der Waals surface area contributed by atoms with Gasteiger partial charge in [-0.25, -0.2) is 0 Å². The van der Waals surface area contributed by atoms with E-state index >= 15 is 0 Å². The topological polar surface area (TPSA) is 44.5 Å². The van der Waals surface area contributed by atoms with Gasteiger partial charge in [-0.1, -0.05) is 13.0 Å². The molecule has 3 rings (SSSR count). The molecule has 0 aromatic heterocycles. The molecule has 0 heterocycles. The lowest BCUT2D eigenvalue weighted by Gasteiger charge is -2.11. The third-order valence-electron chi connectivity index (χ3n) is 3.68. The molecule has 110 valence electrons. The summed E-state index contributed by atoms with van der Waals surface area (Å²) in [5.41, 5.74) is 9.42. The number of rotatable bonds is 5. The molecule has 21 heavy (non-hydrogen) atoms. The van der Waals surface area contributed by atoms with Crippen molar-refractivity contribution in [3.8, 4) is 17.2 Å². The number of nitrogen functional groups attached to an aromatic ring is 1. The molecule has 0 bridgehead atoms. The van der Waals surface area contributed by atoms with E-state index in [-0.39, 0.29) is 0 Å². The molecule has 0 atom stereocenters. The second-order valence-electron chi connectivity index (χ2n) is 5.47. The maximum Gasteiger partial charge on any atom is 0.133 e. The molecule has 3 heteroatoms. The first-order valence-corrected chi connectivity index (χ1v) is 7.57. The van der Waals surface area contributed by atoms with Crippen LogP contribution in [-0.2, 0) is 12.8 Å². The zero-order valence-electron chi connectivity index (χ0n) is 12.4. The van der Waals surface area contributed by atoms with Crippen LogP contribution in [0.2, 0.25) is 0 Å². The number of ether oxygens (including phenoxy) is 2. The average molecular weight is 283 g/mol. The van der Waals surface area contributed by atoms with Crippen molar-refractivity contribution >= 4 is 5.69 Å². The second-order valence-corrected chi connectivity index (χ2v) is 5.47. The van der Waals surface area contributed by atoms with Gasteiger partial charge in [-0.3, -0.25) is 0 Å². The first kappa shape index (κ1) is 13.8. The summed E-state index contributed by atoms with van der Waals surface area (Å²) >= 11 is 0. The van der Waals surface area contributed by atoms with Crippen molar-refractivity contribution in [2.45, 2.75) is 32.6 Å². The van der Waals surface area contributed by atoms with Crippen molar-refractivity contribution < 1.29 is 9.47 Å². The van der Waals surface area contributed by atoms with E-state index < -0.39 is 0 Å². The van der Waals surface area contributed by atoms with Crippen LogP contribution in [0.4, 0.5) is 5.69 Å². The minimum atomic E-state index is 0.653. The maximum absolute atomic E-state index is 5.95. The SMILES string of the molecule is CCCOc1cc(N)cc(Oc2ccc3c(c2)CCC3)c1. The Morgan fingerprint density at radius 3 is 2.62 bits per heavy atom. The molecule has 2 aromatic rings. The van der Waals surface area contributed by atoms with Gasteiger partial charge < -0.3 is 15.2 Å². The van der Waals surface area contributed by atoms with E-state index in [0.717, 1.165) is 30.1 Å². The quantitative estimate of drug-likeness (QED) is 0.830. The second kappa shape index (κ2) is 6.08. The van der Waals surface area contributed by atoms with Crippen molar-refractivity contribution in [3.05, 3.63) is 47.5 Å². The van der Waals surface area contributed by atoms with Gasteiger partial charge in [-0.2, -0.15) is 0 Å². The highest BCUT2D eigenvalue weighted by Gasteiger charge is 2.12. The molecule has 0 spiro atoms. The van der Waals surface area contributed by atoms with Gasteiger partial charge in [0.05, 0.1) is 6.61 Å². The summed E-state index contributed by atoms with van der Waals surface area (Å²) in [6.07, 6.45) is 4.54. The standard InChI is InChI=1S/C18H21NO2/c1-2-8-20-17-10-15(19)11-18(12-17)21-16-7-6-13-4-3-5-14(13)9-16/h6-7,9-12H,2-5,8,19H2,1H3. The Labute approximate surface area is 125 Å².